The van der Waals surface area contributed by atoms with Crippen molar-refractivity contribution < 1.29 is 41.1 Å². The lowest BCUT2D eigenvalue weighted by molar-refractivity contribution is 1.05. The molecule has 4 heteroatoms. The van der Waals surface area contributed by atoms with Gasteiger partial charge in [0, 0.05) is 69.6 Å². The average Bonchev–Trinajstić information content (AvgIpc) is 0.771. The van der Waals surface area contributed by atoms with Crippen molar-refractivity contribution in [1.29, 1.82) is 0 Å². The third-order valence-corrected chi connectivity index (χ3v) is 10.9. The largest absolute Gasteiger partial charge is 0.338 e. The quantitative estimate of drug-likeness (QED) is 0.0592. The van der Waals surface area contributed by atoms with Crippen LogP contribution in [0.3, 0.4) is 0 Å². The van der Waals surface area contributed by atoms with Crippen LogP contribution in [0.4, 0.5) is 45.5 Å². The van der Waals surface area contributed by atoms with Crippen molar-refractivity contribution in [2.75, 3.05) is 26.1 Å². The van der Waals surface area contributed by atoms with E-state index in [9.17, 15) is 0 Å². The average molecular weight is 1020 g/mol. The highest BCUT2D eigenvalue weighted by atomic mass is 15.2. The second-order valence-electron chi connectivity index (χ2n) is 15.6. The van der Waals surface area contributed by atoms with Gasteiger partial charge >= 0.3 is 0 Å². The molecule has 0 spiro atoms. The second-order valence-corrected chi connectivity index (χ2v) is 15.6. The zero-order valence-electron chi connectivity index (χ0n) is 71.0. The van der Waals surface area contributed by atoms with E-state index in [0.29, 0.717) is 22.3 Å². The number of benzene rings is 8. The number of anilines is 8. The van der Waals surface area contributed by atoms with Gasteiger partial charge in [0.15, 0.2) is 0 Å². The lowest BCUT2D eigenvalue weighted by atomic mass is 10.0. The van der Waals surface area contributed by atoms with Crippen molar-refractivity contribution in [2.45, 2.75) is 6.92 Å². The molecule has 0 aliphatic heterocycles. The Labute approximate surface area is 493 Å². The Balaban J connectivity index is 1.09. The van der Waals surface area contributed by atoms with Crippen LogP contribution in [0.2, 0.25) is 0 Å². The topological polar surface area (TPSA) is 13.0 Å². The molecular formula is C72H64N4. The molecule has 0 radical (unpaired) electrons. The number of hydrogen-bond acceptors (Lipinski definition) is 4. The molecule has 0 heterocycles. The fourth-order valence-corrected chi connectivity index (χ4v) is 7.11. The molecule has 76 heavy (non-hydrogen) atoms. The highest BCUT2D eigenvalue weighted by molar-refractivity contribution is 5.82. The van der Waals surface area contributed by atoms with E-state index in [4.69, 9.17) is 41.1 Å². The summed E-state index contributed by atoms with van der Waals surface area (Å²) >= 11 is 0. The Hall–Kier alpha value is -9.90. The lowest BCUT2D eigenvalue weighted by Gasteiger charge is -2.25. The van der Waals surface area contributed by atoms with Crippen LogP contribution in [0.1, 0.15) is 59.2 Å². The van der Waals surface area contributed by atoms with E-state index in [1.807, 2.05) is 0 Å². The van der Waals surface area contributed by atoms with Crippen molar-refractivity contribution in [3.05, 3.63) is 363 Å². The minimum absolute atomic E-state index is 0.0229. The lowest BCUT2D eigenvalue weighted by Crippen LogP contribution is -2.20. The first kappa shape index (κ1) is 26.4. The smallest absolute Gasteiger partial charge is 0.0645 e. The summed E-state index contributed by atoms with van der Waals surface area (Å²) in [7, 11) is 0. The van der Waals surface area contributed by atoms with Crippen LogP contribution in [-0.4, -0.2) is 6.54 Å². The van der Waals surface area contributed by atoms with Gasteiger partial charge in [-0.3, -0.25) is 0 Å². The van der Waals surface area contributed by atoms with Gasteiger partial charge in [0.1, 0.15) is 0 Å². The van der Waals surface area contributed by atoms with Gasteiger partial charge in [0.25, 0.3) is 0 Å². The van der Waals surface area contributed by atoms with Crippen molar-refractivity contribution in [3.63, 3.8) is 0 Å². The molecule has 0 amide bonds. The normalized spacial score (nSPS) is 17.3. The molecule has 0 saturated carbocycles. The standard InChI is InChI=1S/C72H64N4/c1-7-61(63-47-51-71(52-48-63)75(67-35-19-11-20-36-67)68-37-21-12-22-38-68)29-27-55-73(65-31-15-9-16-32-65)59(5)45-43-57(3)58(4)44-46-60(6)74(66-33-17-10-18-34-66)56-28-30-62(8-2)64-49-53-72(54-50-64)76(69-39-23-13-24-40-69)70-41-25-14-26-42-70/h7-55H,1,3-6,56H2,2H3/b30-28-,45-43-,46-44-,55-27+,61-29+,62-8+/i9D,10D,11D,12D,13D,14D,15D,16D,17D,18D,19D,20D,21D,22D,23D,24D,25D,26D,31D,32D,33D,34D,35D,36D,37D,38D,39D,40D,41D,42D. The zero-order chi connectivity index (χ0) is 79.0. The van der Waals surface area contributed by atoms with Crippen molar-refractivity contribution in [2.24, 2.45) is 0 Å². The highest BCUT2D eigenvalue weighted by Crippen LogP contribution is 2.37. The van der Waals surface area contributed by atoms with E-state index in [-0.39, 0.29) is 51.8 Å². The number of hydrogen-bond donors (Lipinski definition) is 0. The van der Waals surface area contributed by atoms with E-state index in [1.165, 1.54) is 88.9 Å². The molecule has 4 nitrogen and oxygen atoms in total. The molecule has 0 aliphatic rings. The molecule has 0 fully saturated rings. The zero-order valence-corrected chi connectivity index (χ0v) is 41.0. The third kappa shape index (κ3) is 13.8. The maximum absolute atomic E-state index is 8.93. The summed E-state index contributed by atoms with van der Waals surface area (Å²) in [5, 5.41) is 0. The van der Waals surface area contributed by atoms with Crippen LogP contribution in [0.5, 0.6) is 0 Å². The minimum Gasteiger partial charge on any atom is -0.338 e. The maximum Gasteiger partial charge on any atom is 0.0645 e. The van der Waals surface area contributed by atoms with E-state index in [2.05, 4.69) is 32.9 Å². The molecule has 0 N–H and O–H groups in total. The van der Waals surface area contributed by atoms with Crippen molar-refractivity contribution in [3.8, 4) is 0 Å². The van der Waals surface area contributed by atoms with Gasteiger partial charge in [0.05, 0.1) is 41.1 Å². The molecule has 8 aromatic carbocycles. The summed E-state index contributed by atoms with van der Waals surface area (Å²) in [6, 6.07) is -8.87. The van der Waals surface area contributed by atoms with Gasteiger partial charge in [-0.25, -0.2) is 0 Å². The van der Waals surface area contributed by atoms with Crippen LogP contribution in [-0.2, 0) is 0 Å². The Bertz CT molecular complexity index is 4910. The second kappa shape index (κ2) is 26.7. The molecule has 0 bridgehead atoms. The van der Waals surface area contributed by atoms with Crippen LogP contribution in [0, 0.1) is 0 Å². The Morgan fingerprint density at radius 3 is 1.18 bits per heavy atom. The Kier molecular flexibility index (Phi) is 9.26. The number of nitrogens with zero attached hydrogens (tertiary/aromatic N) is 4. The molecule has 0 unspecified atom stereocenters. The Morgan fingerprint density at radius 1 is 0.421 bits per heavy atom. The fourth-order valence-electron chi connectivity index (χ4n) is 7.11. The number of para-hydroxylation sites is 6. The first-order valence-electron chi connectivity index (χ1n) is 38.0. The van der Waals surface area contributed by atoms with Gasteiger partial charge in [-0.05, 0) is 155 Å². The van der Waals surface area contributed by atoms with Crippen LogP contribution < -0.4 is 19.6 Å². The van der Waals surface area contributed by atoms with E-state index in [0.717, 1.165) is 9.80 Å². The predicted octanol–water partition coefficient (Wildman–Crippen LogP) is 19.6. The number of allylic oxidation sites excluding steroid dienone is 13. The summed E-state index contributed by atoms with van der Waals surface area (Å²) in [5.74, 6) is 0. The van der Waals surface area contributed by atoms with Gasteiger partial charge in [0.2, 0.25) is 0 Å². The minimum atomic E-state index is -0.746. The van der Waals surface area contributed by atoms with Crippen LogP contribution >= 0.6 is 0 Å². The monoisotopic (exact) mass is 1010 g/mol. The number of rotatable bonds is 23. The molecule has 0 saturated heterocycles. The SMILES string of the molecule is [2H]c1c([2H])c([2H])c(N(/C=C/C=C(\C=C)c2ccc(N(c3c([2H])c([2H])c([2H])c([2H])c3[2H])c3c([2H])c([2H])c([2H])c([2H])c3[2H])cc2)C(=C)/C=C\C(=C)C(=C)/C=C\C(=C)N(C/C=C\C(=C/C)c2ccc(N(c3c([2H])c([2H])c([2H])c([2H])c3[2H])c3c([2H])c([2H])c([2H])c([2H])c3[2H])cc2)c2c([2H])c([2H])c([2H])c([2H])c2[2H])c([2H])c1[2H]. The van der Waals surface area contributed by atoms with E-state index in [1.54, 1.807) is 43.4 Å². The van der Waals surface area contributed by atoms with Gasteiger partial charge < -0.3 is 19.6 Å². The first-order chi connectivity index (χ1) is 49.7. The van der Waals surface area contributed by atoms with E-state index >= 15 is 0 Å². The molecule has 0 aromatic heterocycles. The fraction of sp³-hybridized carbons (Fsp3) is 0.0278. The van der Waals surface area contributed by atoms with Gasteiger partial charge in [-0.15, -0.1) is 0 Å². The Morgan fingerprint density at radius 2 is 0.789 bits per heavy atom. The molecule has 8 aromatic rings. The van der Waals surface area contributed by atoms with Gasteiger partial charge in [-0.1, -0.05) is 208 Å². The van der Waals surface area contributed by atoms with E-state index < -0.39 is 204 Å². The van der Waals surface area contributed by atoms with Crippen molar-refractivity contribution >= 4 is 56.6 Å². The molecule has 8 rings (SSSR count). The summed E-state index contributed by atoms with van der Waals surface area (Å²) in [6.45, 7) is 22.1. The highest BCUT2D eigenvalue weighted by Gasteiger charge is 2.15. The van der Waals surface area contributed by atoms with Crippen LogP contribution in [0.25, 0.3) is 11.1 Å². The summed E-state index contributed by atoms with van der Waals surface area (Å²) in [5.41, 5.74) is -0.0114. The summed E-state index contributed by atoms with van der Waals surface area (Å²) in [4.78, 5) is 4.59. The molecule has 0 aliphatic carbocycles. The summed E-state index contributed by atoms with van der Waals surface area (Å²) in [6.07, 6.45) is 16.6. The van der Waals surface area contributed by atoms with Gasteiger partial charge in [-0.2, -0.15) is 0 Å². The molecule has 372 valence electrons. The summed E-state index contributed by atoms with van der Waals surface area (Å²) < 4.78 is 257. The van der Waals surface area contributed by atoms with Crippen molar-refractivity contribution in [1.82, 2.24) is 0 Å². The van der Waals surface area contributed by atoms with Crippen LogP contribution in [0.15, 0.2) is 352 Å². The third-order valence-electron chi connectivity index (χ3n) is 10.9. The molecular weight excluding hydrogens is 921 g/mol. The predicted molar refractivity (Wildman–Crippen MR) is 330 cm³/mol. The first-order valence-corrected chi connectivity index (χ1v) is 23.0. The molecule has 0 atom stereocenters. The maximum atomic E-state index is 8.93.